The maximum Gasteiger partial charge on any atom is 0.246 e. The molecule has 0 radical (unpaired) electrons. The standard InChI is InChI=1S/C13H11N3O2/c17-12-7-16(8-13(18)15-12)10-3-4-11-9(6-10)2-1-5-14-11/h1-6H,7-8H2,(H,15,17,18). The highest BCUT2D eigenvalue weighted by Crippen LogP contribution is 2.21. The van der Waals surface area contributed by atoms with Crippen molar-refractivity contribution in [2.24, 2.45) is 0 Å². The number of benzene rings is 1. The van der Waals surface area contributed by atoms with Gasteiger partial charge in [-0.2, -0.15) is 0 Å². The molecule has 5 nitrogen and oxygen atoms in total. The fourth-order valence-corrected chi connectivity index (χ4v) is 2.08. The van der Waals surface area contributed by atoms with Crippen LogP contribution in [0.2, 0.25) is 0 Å². The molecule has 1 fully saturated rings. The first-order valence-corrected chi connectivity index (χ1v) is 5.65. The molecule has 0 atom stereocenters. The van der Waals surface area contributed by atoms with Crippen molar-refractivity contribution in [2.75, 3.05) is 18.0 Å². The molecule has 0 saturated carbocycles. The lowest BCUT2D eigenvalue weighted by Crippen LogP contribution is -2.51. The van der Waals surface area contributed by atoms with Crippen LogP contribution in [-0.4, -0.2) is 29.9 Å². The summed E-state index contributed by atoms with van der Waals surface area (Å²) >= 11 is 0. The number of carbonyl (C=O) groups excluding carboxylic acids is 2. The molecule has 90 valence electrons. The second kappa shape index (κ2) is 4.10. The molecule has 0 bridgehead atoms. The fourth-order valence-electron chi connectivity index (χ4n) is 2.08. The van der Waals surface area contributed by atoms with Gasteiger partial charge in [0.05, 0.1) is 18.6 Å². The fraction of sp³-hybridized carbons (Fsp3) is 0.154. The summed E-state index contributed by atoms with van der Waals surface area (Å²) in [7, 11) is 0. The van der Waals surface area contributed by atoms with Crippen molar-refractivity contribution in [1.82, 2.24) is 10.3 Å². The molecule has 1 saturated heterocycles. The average molecular weight is 241 g/mol. The van der Waals surface area contributed by atoms with E-state index in [1.807, 2.05) is 30.3 Å². The largest absolute Gasteiger partial charge is 0.353 e. The van der Waals surface area contributed by atoms with Gasteiger partial charge in [0.25, 0.3) is 0 Å². The van der Waals surface area contributed by atoms with Crippen LogP contribution in [0.1, 0.15) is 0 Å². The van der Waals surface area contributed by atoms with E-state index in [4.69, 9.17) is 0 Å². The quantitative estimate of drug-likeness (QED) is 0.746. The summed E-state index contributed by atoms with van der Waals surface area (Å²) in [6.07, 6.45) is 1.74. The second-order valence-corrected chi connectivity index (χ2v) is 4.21. The molecule has 2 amide bonds. The lowest BCUT2D eigenvalue weighted by Gasteiger charge is -2.27. The Morgan fingerprint density at radius 3 is 2.67 bits per heavy atom. The number of anilines is 1. The van der Waals surface area contributed by atoms with Gasteiger partial charge in [-0.3, -0.25) is 19.9 Å². The number of imide groups is 1. The molecule has 2 heterocycles. The van der Waals surface area contributed by atoms with Crippen LogP contribution in [-0.2, 0) is 9.59 Å². The minimum Gasteiger partial charge on any atom is -0.353 e. The lowest BCUT2D eigenvalue weighted by atomic mass is 10.1. The van der Waals surface area contributed by atoms with E-state index in [0.29, 0.717) is 0 Å². The van der Waals surface area contributed by atoms with E-state index < -0.39 is 0 Å². The molecule has 0 spiro atoms. The number of hydrogen-bond donors (Lipinski definition) is 1. The first kappa shape index (κ1) is 10.7. The Bertz CT molecular complexity index is 623. The Morgan fingerprint density at radius 1 is 1.11 bits per heavy atom. The van der Waals surface area contributed by atoms with Crippen LogP contribution in [0.15, 0.2) is 36.5 Å². The van der Waals surface area contributed by atoms with Crippen molar-refractivity contribution in [1.29, 1.82) is 0 Å². The molecular weight excluding hydrogens is 230 g/mol. The molecule has 3 rings (SSSR count). The van der Waals surface area contributed by atoms with E-state index in [1.165, 1.54) is 0 Å². The molecule has 5 heteroatoms. The predicted octanol–water partition coefficient (Wildman–Crippen LogP) is 0.698. The van der Waals surface area contributed by atoms with Crippen LogP contribution in [0.3, 0.4) is 0 Å². The highest BCUT2D eigenvalue weighted by molar-refractivity contribution is 6.03. The second-order valence-electron chi connectivity index (χ2n) is 4.21. The highest BCUT2D eigenvalue weighted by Gasteiger charge is 2.22. The van der Waals surface area contributed by atoms with Crippen molar-refractivity contribution in [3.8, 4) is 0 Å². The summed E-state index contributed by atoms with van der Waals surface area (Å²) in [5.41, 5.74) is 1.76. The number of aromatic nitrogens is 1. The number of nitrogens with one attached hydrogen (secondary N) is 1. The van der Waals surface area contributed by atoms with Crippen LogP contribution in [0.25, 0.3) is 10.9 Å². The van der Waals surface area contributed by atoms with Crippen LogP contribution >= 0.6 is 0 Å². The topological polar surface area (TPSA) is 62.3 Å². The summed E-state index contributed by atoms with van der Waals surface area (Å²) in [5, 5.41) is 3.28. The molecule has 18 heavy (non-hydrogen) atoms. The molecule has 1 aromatic heterocycles. The zero-order chi connectivity index (χ0) is 12.5. The summed E-state index contributed by atoms with van der Waals surface area (Å²) in [4.78, 5) is 28.7. The molecule has 1 aliphatic rings. The Kier molecular flexibility index (Phi) is 2.44. The van der Waals surface area contributed by atoms with Crippen molar-refractivity contribution >= 4 is 28.4 Å². The predicted molar refractivity (Wildman–Crippen MR) is 67.1 cm³/mol. The number of amides is 2. The molecule has 2 aromatic rings. The van der Waals surface area contributed by atoms with Gasteiger partial charge in [0, 0.05) is 17.3 Å². The van der Waals surface area contributed by atoms with E-state index in [-0.39, 0.29) is 24.9 Å². The van der Waals surface area contributed by atoms with Gasteiger partial charge in [0.1, 0.15) is 0 Å². The number of nitrogens with zero attached hydrogens (tertiary/aromatic N) is 2. The molecule has 1 aromatic carbocycles. The zero-order valence-electron chi connectivity index (χ0n) is 9.59. The minimum absolute atomic E-state index is 0.206. The summed E-state index contributed by atoms with van der Waals surface area (Å²) in [5.74, 6) is -0.532. The van der Waals surface area contributed by atoms with Gasteiger partial charge in [-0.05, 0) is 24.3 Å². The first-order valence-electron chi connectivity index (χ1n) is 5.65. The third-order valence-corrected chi connectivity index (χ3v) is 2.90. The third kappa shape index (κ3) is 1.90. The highest BCUT2D eigenvalue weighted by atomic mass is 16.2. The van der Waals surface area contributed by atoms with E-state index >= 15 is 0 Å². The van der Waals surface area contributed by atoms with Gasteiger partial charge in [-0.25, -0.2) is 0 Å². The third-order valence-electron chi connectivity index (χ3n) is 2.90. The minimum atomic E-state index is -0.266. The average Bonchev–Trinajstić information content (AvgIpc) is 2.37. The van der Waals surface area contributed by atoms with Crippen molar-refractivity contribution in [3.05, 3.63) is 36.5 Å². The summed E-state index contributed by atoms with van der Waals surface area (Å²) in [6, 6.07) is 9.52. The van der Waals surface area contributed by atoms with Crippen LogP contribution < -0.4 is 10.2 Å². The lowest BCUT2D eigenvalue weighted by molar-refractivity contribution is -0.130. The van der Waals surface area contributed by atoms with E-state index in [0.717, 1.165) is 16.6 Å². The number of pyridine rings is 1. The molecule has 0 unspecified atom stereocenters. The smallest absolute Gasteiger partial charge is 0.246 e. The van der Waals surface area contributed by atoms with Crippen molar-refractivity contribution in [2.45, 2.75) is 0 Å². The number of hydrogen-bond acceptors (Lipinski definition) is 4. The van der Waals surface area contributed by atoms with E-state index in [2.05, 4.69) is 10.3 Å². The van der Waals surface area contributed by atoms with E-state index in [1.54, 1.807) is 11.1 Å². The Balaban J connectivity index is 1.98. The maximum absolute atomic E-state index is 11.3. The Labute approximate surface area is 103 Å². The summed E-state index contributed by atoms with van der Waals surface area (Å²) < 4.78 is 0. The zero-order valence-corrected chi connectivity index (χ0v) is 9.59. The van der Waals surface area contributed by atoms with Gasteiger partial charge in [0.15, 0.2) is 0 Å². The first-order chi connectivity index (χ1) is 8.72. The van der Waals surface area contributed by atoms with Gasteiger partial charge in [0.2, 0.25) is 11.8 Å². The van der Waals surface area contributed by atoms with Gasteiger partial charge in [-0.1, -0.05) is 6.07 Å². The normalized spacial score (nSPS) is 15.9. The number of carbonyl (C=O) groups is 2. The molecule has 1 N–H and O–H groups in total. The number of fused-ring (bicyclic) bond motifs is 1. The SMILES string of the molecule is O=C1CN(c2ccc3ncccc3c2)CC(=O)N1. The van der Waals surface area contributed by atoms with Crippen LogP contribution in [0.5, 0.6) is 0 Å². The Morgan fingerprint density at radius 2 is 1.89 bits per heavy atom. The van der Waals surface area contributed by atoms with Crippen molar-refractivity contribution in [3.63, 3.8) is 0 Å². The van der Waals surface area contributed by atoms with Gasteiger partial charge in [-0.15, -0.1) is 0 Å². The van der Waals surface area contributed by atoms with Gasteiger partial charge < -0.3 is 4.90 Å². The van der Waals surface area contributed by atoms with Crippen LogP contribution in [0, 0.1) is 0 Å². The monoisotopic (exact) mass is 241 g/mol. The summed E-state index contributed by atoms with van der Waals surface area (Å²) in [6.45, 7) is 0.412. The van der Waals surface area contributed by atoms with Crippen molar-refractivity contribution < 1.29 is 9.59 Å². The number of piperazine rings is 1. The molecular formula is C13H11N3O2. The maximum atomic E-state index is 11.3. The molecule has 1 aliphatic heterocycles. The number of rotatable bonds is 1. The van der Waals surface area contributed by atoms with E-state index in [9.17, 15) is 9.59 Å². The Hall–Kier alpha value is -2.43. The van der Waals surface area contributed by atoms with Gasteiger partial charge >= 0.3 is 0 Å². The van der Waals surface area contributed by atoms with Crippen LogP contribution in [0.4, 0.5) is 5.69 Å². The molecule has 0 aliphatic carbocycles.